The maximum atomic E-state index is 11.9. The van der Waals surface area contributed by atoms with Gasteiger partial charge < -0.3 is 10.2 Å². The van der Waals surface area contributed by atoms with Gasteiger partial charge in [0.2, 0.25) is 0 Å². The van der Waals surface area contributed by atoms with Gasteiger partial charge in [0.1, 0.15) is 0 Å². The van der Waals surface area contributed by atoms with Crippen molar-refractivity contribution in [1.82, 2.24) is 15.1 Å². The van der Waals surface area contributed by atoms with Gasteiger partial charge in [-0.1, -0.05) is 12.1 Å². The first-order valence-corrected chi connectivity index (χ1v) is 6.40. The Morgan fingerprint density at radius 2 is 2.06 bits per heavy atom. The van der Waals surface area contributed by atoms with Crippen LogP contribution in [0.4, 0.5) is 0 Å². The van der Waals surface area contributed by atoms with Crippen LogP contribution < -0.4 is 5.32 Å². The lowest BCUT2D eigenvalue weighted by Crippen LogP contribution is -2.42. The van der Waals surface area contributed by atoms with Crippen LogP contribution in [0.3, 0.4) is 0 Å². The van der Waals surface area contributed by atoms with Crippen molar-refractivity contribution in [2.45, 2.75) is 6.54 Å². The second-order valence-electron chi connectivity index (χ2n) is 4.93. The lowest BCUT2D eigenvalue weighted by molar-refractivity contribution is 0.0827. The number of amides is 1. The molecule has 1 N–H and O–H groups in total. The molecule has 18 heavy (non-hydrogen) atoms. The summed E-state index contributed by atoms with van der Waals surface area (Å²) >= 11 is 0. The van der Waals surface area contributed by atoms with Crippen LogP contribution in [0.25, 0.3) is 0 Å². The maximum absolute atomic E-state index is 11.9. The molecule has 0 atom stereocenters. The number of benzene rings is 1. The number of rotatable bonds is 3. The molecule has 0 aliphatic carbocycles. The SMILES string of the molecule is CN(C)C(=O)c1cccc(CN2CCNCC2)c1. The highest BCUT2D eigenvalue weighted by Gasteiger charge is 2.12. The van der Waals surface area contributed by atoms with E-state index in [1.54, 1.807) is 19.0 Å². The van der Waals surface area contributed by atoms with Crippen molar-refractivity contribution in [3.8, 4) is 0 Å². The van der Waals surface area contributed by atoms with Crippen LogP contribution in [-0.2, 0) is 6.54 Å². The molecule has 1 fully saturated rings. The Morgan fingerprint density at radius 1 is 1.33 bits per heavy atom. The summed E-state index contributed by atoms with van der Waals surface area (Å²) in [7, 11) is 3.57. The molecule has 0 radical (unpaired) electrons. The summed E-state index contributed by atoms with van der Waals surface area (Å²) in [5, 5.41) is 3.34. The molecular formula is C14H21N3O. The molecule has 0 saturated carbocycles. The lowest BCUT2D eigenvalue weighted by Gasteiger charge is -2.27. The number of nitrogens with zero attached hydrogens (tertiary/aromatic N) is 2. The van der Waals surface area contributed by atoms with Crippen molar-refractivity contribution in [3.05, 3.63) is 35.4 Å². The van der Waals surface area contributed by atoms with Gasteiger partial charge in [0, 0.05) is 52.4 Å². The van der Waals surface area contributed by atoms with Crippen LogP contribution >= 0.6 is 0 Å². The van der Waals surface area contributed by atoms with Gasteiger partial charge in [-0.05, 0) is 17.7 Å². The third-order valence-corrected chi connectivity index (χ3v) is 3.20. The Kier molecular flexibility index (Phi) is 4.33. The van der Waals surface area contributed by atoms with E-state index in [4.69, 9.17) is 0 Å². The molecule has 4 heteroatoms. The van der Waals surface area contributed by atoms with Gasteiger partial charge >= 0.3 is 0 Å². The van der Waals surface area contributed by atoms with E-state index in [-0.39, 0.29) is 5.91 Å². The smallest absolute Gasteiger partial charge is 0.253 e. The topological polar surface area (TPSA) is 35.6 Å². The van der Waals surface area contributed by atoms with E-state index in [1.807, 2.05) is 18.2 Å². The minimum atomic E-state index is 0.0668. The number of carbonyl (C=O) groups excluding carboxylic acids is 1. The molecular weight excluding hydrogens is 226 g/mol. The summed E-state index contributed by atoms with van der Waals surface area (Å²) in [4.78, 5) is 15.9. The average molecular weight is 247 g/mol. The first-order valence-electron chi connectivity index (χ1n) is 6.40. The highest BCUT2D eigenvalue weighted by Crippen LogP contribution is 2.10. The van der Waals surface area contributed by atoms with Crippen LogP contribution in [0.1, 0.15) is 15.9 Å². The van der Waals surface area contributed by atoms with Gasteiger partial charge in [0.25, 0.3) is 5.91 Å². The summed E-state index contributed by atoms with van der Waals surface area (Å²) in [5.41, 5.74) is 1.98. The summed E-state index contributed by atoms with van der Waals surface area (Å²) in [6, 6.07) is 7.94. The van der Waals surface area contributed by atoms with Gasteiger partial charge in [0.05, 0.1) is 0 Å². The van der Waals surface area contributed by atoms with Crippen molar-refractivity contribution in [1.29, 1.82) is 0 Å². The first kappa shape index (κ1) is 13.1. The highest BCUT2D eigenvalue weighted by molar-refractivity contribution is 5.94. The molecule has 1 heterocycles. The van der Waals surface area contributed by atoms with E-state index in [0.717, 1.165) is 38.3 Å². The minimum Gasteiger partial charge on any atom is -0.345 e. The van der Waals surface area contributed by atoms with Crippen LogP contribution in [0.15, 0.2) is 24.3 Å². The predicted molar refractivity (Wildman–Crippen MR) is 72.6 cm³/mol. The summed E-state index contributed by atoms with van der Waals surface area (Å²) in [6.07, 6.45) is 0. The van der Waals surface area contributed by atoms with E-state index in [9.17, 15) is 4.79 Å². The van der Waals surface area contributed by atoms with Gasteiger partial charge in [0.15, 0.2) is 0 Å². The second kappa shape index (κ2) is 5.98. The zero-order chi connectivity index (χ0) is 13.0. The van der Waals surface area contributed by atoms with Crippen LogP contribution in [0.5, 0.6) is 0 Å². The fourth-order valence-corrected chi connectivity index (χ4v) is 2.19. The van der Waals surface area contributed by atoms with Crippen molar-refractivity contribution in [2.75, 3.05) is 40.3 Å². The van der Waals surface area contributed by atoms with Crippen molar-refractivity contribution >= 4 is 5.91 Å². The number of piperazine rings is 1. The van der Waals surface area contributed by atoms with E-state index >= 15 is 0 Å². The van der Waals surface area contributed by atoms with E-state index in [2.05, 4.69) is 16.3 Å². The quantitative estimate of drug-likeness (QED) is 0.858. The molecule has 1 aliphatic rings. The fourth-order valence-electron chi connectivity index (χ4n) is 2.19. The molecule has 0 bridgehead atoms. The second-order valence-corrected chi connectivity index (χ2v) is 4.93. The third kappa shape index (κ3) is 3.31. The standard InChI is InChI=1S/C14H21N3O/c1-16(2)14(18)13-5-3-4-12(10-13)11-17-8-6-15-7-9-17/h3-5,10,15H,6-9,11H2,1-2H3. The number of hydrogen-bond acceptors (Lipinski definition) is 3. The third-order valence-electron chi connectivity index (χ3n) is 3.20. The Morgan fingerprint density at radius 3 is 2.72 bits per heavy atom. The number of carbonyl (C=O) groups is 1. The van der Waals surface area contributed by atoms with Crippen LogP contribution in [0, 0.1) is 0 Å². The van der Waals surface area contributed by atoms with Crippen LogP contribution in [0.2, 0.25) is 0 Å². The zero-order valence-corrected chi connectivity index (χ0v) is 11.1. The van der Waals surface area contributed by atoms with E-state index < -0.39 is 0 Å². The molecule has 1 aromatic carbocycles. The molecule has 0 aromatic heterocycles. The van der Waals surface area contributed by atoms with Gasteiger partial charge in [-0.2, -0.15) is 0 Å². The average Bonchev–Trinajstić information content (AvgIpc) is 2.39. The van der Waals surface area contributed by atoms with Crippen molar-refractivity contribution in [3.63, 3.8) is 0 Å². The largest absolute Gasteiger partial charge is 0.345 e. The fraction of sp³-hybridized carbons (Fsp3) is 0.500. The summed E-state index contributed by atoms with van der Waals surface area (Å²) in [6.45, 7) is 5.18. The molecule has 2 rings (SSSR count). The Hall–Kier alpha value is -1.39. The minimum absolute atomic E-state index is 0.0668. The molecule has 1 aliphatic heterocycles. The number of nitrogens with one attached hydrogen (secondary N) is 1. The molecule has 98 valence electrons. The summed E-state index contributed by atoms with van der Waals surface area (Å²) < 4.78 is 0. The summed E-state index contributed by atoms with van der Waals surface area (Å²) in [5.74, 6) is 0.0668. The Balaban J connectivity index is 2.04. The number of hydrogen-bond donors (Lipinski definition) is 1. The molecule has 1 amide bonds. The predicted octanol–water partition coefficient (Wildman–Crippen LogP) is 0.794. The highest BCUT2D eigenvalue weighted by atomic mass is 16.2. The van der Waals surface area contributed by atoms with Crippen molar-refractivity contribution < 1.29 is 4.79 Å². The van der Waals surface area contributed by atoms with Crippen molar-refractivity contribution in [2.24, 2.45) is 0 Å². The molecule has 0 spiro atoms. The van der Waals surface area contributed by atoms with E-state index in [1.165, 1.54) is 5.56 Å². The van der Waals surface area contributed by atoms with E-state index in [0.29, 0.717) is 0 Å². The van der Waals surface area contributed by atoms with Gasteiger partial charge in [-0.25, -0.2) is 0 Å². The van der Waals surface area contributed by atoms with Gasteiger partial charge in [-0.15, -0.1) is 0 Å². The Labute approximate surface area is 109 Å². The monoisotopic (exact) mass is 247 g/mol. The zero-order valence-electron chi connectivity index (χ0n) is 11.1. The molecule has 1 aromatic rings. The van der Waals surface area contributed by atoms with Crippen LogP contribution in [-0.4, -0.2) is 56.0 Å². The normalized spacial score (nSPS) is 16.6. The maximum Gasteiger partial charge on any atom is 0.253 e. The lowest BCUT2D eigenvalue weighted by atomic mass is 10.1. The molecule has 1 saturated heterocycles. The first-order chi connectivity index (χ1) is 8.66. The molecule has 4 nitrogen and oxygen atoms in total. The Bertz CT molecular complexity index is 411. The molecule has 0 unspecified atom stereocenters. The van der Waals surface area contributed by atoms with Gasteiger partial charge in [-0.3, -0.25) is 9.69 Å².